The predicted molar refractivity (Wildman–Crippen MR) is 90.7 cm³/mol. The van der Waals surface area contributed by atoms with Gasteiger partial charge >= 0.3 is 5.97 Å². The van der Waals surface area contributed by atoms with Crippen LogP contribution in [0.3, 0.4) is 0 Å². The number of nitrogens with zero attached hydrogens (tertiary/aromatic N) is 1. The van der Waals surface area contributed by atoms with Crippen molar-refractivity contribution in [3.8, 4) is 6.07 Å². The molecular formula is C20H27NO2. The van der Waals surface area contributed by atoms with E-state index in [0.29, 0.717) is 17.9 Å². The maximum Gasteiger partial charge on any atom is 0.309 e. The molecule has 1 aliphatic carbocycles. The Hall–Kier alpha value is -1.82. The molecule has 0 aliphatic heterocycles. The third-order valence-electron chi connectivity index (χ3n) is 5.13. The minimum absolute atomic E-state index is 0.129. The molecule has 1 aromatic carbocycles. The summed E-state index contributed by atoms with van der Waals surface area (Å²) in [6, 6.07) is 9.71. The Labute approximate surface area is 139 Å². The average molecular weight is 313 g/mol. The fraction of sp³-hybridized carbons (Fsp3) is 0.600. The molecule has 124 valence electrons. The molecular weight excluding hydrogens is 286 g/mol. The highest BCUT2D eigenvalue weighted by Gasteiger charge is 2.29. The maximum atomic E-state index is 12.3. The average Bonchev–Trinajstić information content (AvgIpc) is 2.60. The van der Waals surface area contributed by atoms with Crippen molar-refractivity contribution >= 4 is 5.97 Å². The summed E-state index contributed by atoms with van der Waals surface area (Å²) in [6.07, 6.45) is 8.33. The molecule has 1 aliphatic rings. The number of carbonyl (C=O) groups is 1. The molecule has 1 saturated carbocycles. The van der Waals surface area contributed by atoms with Crippen LogP contribution in [0.4, 0.5) is 0 Å². The summed E-state index contributed by atoms with van der Waals surface area (Å²) in [5, 5.41) is 9.04. The summed E-state index contributed by atoms with van der Waals surface area (Å²) in [5.74, 6) is 0.791. The van der Waals surface area contributed by atoms with Crippen LogP contribution in [0.2, 0.25) is 0 Å². The predicted octanol–water partition coefficient (Wildman–Crippen LogP) is 4.50. The van der Waals surface area contributed by atoms with Crippen LogP contribution < -0.4 is 0 Å². The molecule has 1 aromatic rings. The number of nitriles is 1. The molecule has 23 heavy (non-hydrogen) atoms. The molecule has 1 fully saturated rings. The third-order valence-corrected chi connectivity index (χ3v) is 5.13. The first kappa shape index (κ1) is 17.5. The lowest BCUT2D eigenvalue weighted by atomic mass is 9.77. The van der Waals surface area contributed by atoms with E-state index >= 15 is 0 Å². The second-order valence-electron chi connectivity index (χ2n) is 6.86. The van der Waals surface area contributed by atoms with Crippen molar-refractivity contribution in [3.63, 3.8) is 0 Å². The van der Waals surface area contributed by atoms with E-state index in [4.69, 9.17) is 10.00 Å². The zero-order valence-electron chi connectivity index (χ0n) is 14.3. The minimum Gasteiger partial charge on any atom is -0.469 e. The largest absolute Gasteiger partial charge is 0.469 e. The van der Waals surface area contributed by atoms with Gasteiger partial charge in [0, 0.05) is 0 Å². The Morgan fingerprint density at radius 2 is 2.09 bits per heavy atom. The summed E-state index contributed by atoms with van der Waals surface area (Å²) >= 11 is 0. The van der Waals surface area contributed by atoms with Crippen LogP contribution in [0.5, 0.6) is 0 Å². The zero-order chi connectivity index (χ0) is 16.7. The van der Waals surface area contributed by atoms with E-state index in [-0.39, 0.29) is 11.9 Å². The lowest BCUT2D eigenvalue weighted by molar-refractivity contribution is -0.147. The highest BCUT2D eigenvalue weighted by atomic mass is 16.5. The number of benzene rings is 1. The van der Waals surface area contributed by atoms with E-state index in [1.807, 2.05) is 18.2 Å². The van der Waals surface area contributed by atoms with Crippen LogP contribution in [0, 0.1) is 29.1 Å². The number of methoxy groups -OCH3 is 1. The first-order valence-corrected chi connectivity index (χ1v) is 8.71. The first-order chi connectivity index (χ1) is 11.1. The third kappa shape index (κ3) is 5.10. The Kier molecular flexibility index (Phi) is 6.65. The van der Waals surface area contributed by atoms with Crippen molar-refractivity contribution in [2.24, 2.45) is 17.8 Å². The normalized spacial score (nSPS) is 18.0. The Morgan fingerprint density at radius 3 is 2.74 bits per heavy atom. The number of hydrogen-bond acceptors (Lipinski definition) is 3. The minimum atomic E-state index is -0.129. The van der Waals surface area contributed by atoms with Crippen LogP contribution in [0.15, 0.2) is 24.3 Å². The summed E-state index contributed by atoms with van der Waals surface area (Å²) in [7, 11) is 1.47. The Balaban J connectivity index is 2.06. The molecule has 3 heteroatoms. The van der Waals surface area contributed by atoms with Gasteiger partial charge in [-0.2, -0.15) is 5.26 Å². The number of carbonyl (C=O) groups excluding carboxylic acids is 1. The van der Waals surface area contributed by atoms with E-state index in [2.05, 4.69) is 13.0 Å². The molecule has 3 nitrogen and oxygen atoms in total. The topological polar surface area (TPSA) is 50.1 Å². The van der Waals surface area contributed by atoms with Gasteiger partial charge in [0.2, 0.25) is 0 Å². The van der Waals surface area contributed by atoms with E-state index in [1.165, 1.54) is 39.2 Å². The fourth-order valence-corrected chi connectivity index (χ4v) is 3.80. The molecule has 0 bridgehead atoms. The van der Waals surface area contributed by atoms with Gasteiger partial charge in [-0.1, -0.05) is 51.2 Å². The van der Waals surface area contributed by atoms with Crippen LogP contribution in [0.1, 0.15) is 56.6 Å². The van der Waals surface area contributed by atoms with Crippen molar-refractivity contribution in [2.75, 3.05) is 7.11 Å². The van der Waals surface area contributed by atoms with Crippen molar-refractivity contribution in [1.82, 2.24) is 0 Å². The number of hydrogen-bond donors (Lipinski definition) is 0. The van der Waals surface area contributed by atoms with Gasteiger partial charge in [-0.05, 0) is 42.4 Å². The van der Waals surface area contributed by atoms with E-state index < -0.39 is 0 Å². The molecule has 0 aromatic heterocycles. The van der Waals surface area contributed by atoms with Gasteiger partial charge in [-0.15, -0.1) is 0 Å². The van der Waals surface area contributed by atoms with Gasteiger partial charge in [-0.25, -0.2) is 0 Å². The molecule has 0 heterocycles. The van der Waals surface area contributed by atoms with Gasteiger partial charge in [0.25, 0.3) is 0 Å². The first-order valence-electron chi connectivity index (χ1n) is 8.71. The SMILES string of the molecule is COC(=O)C(Cc1cccc(C#N)c1)C(C)CC1CCCCC1. The molecule has 0 N–H and O–H groups in total. The highest BCUT2D eigenvalue weighted by molar-refractivity contribution is 5.73. The number of rotatable bonds is 6. The standard InChI is InChI=1S/C20H27NO2/c1-15(11-16-7-4-3-5-8-16)19(20(22)23-2)13-17-9-6-10-18(12-17)14-21/h6,9-10,12,15-16,19H,3-5,7-8,11,13H2,1-2H3. The van der Waals surface area contributed by atoms with Gasteiger partial charge in [0.1, 0.15) is 0 Å². The molecule has 0 radical (unpaired) electrons. The van der Waals surface area contributed by atoms with E-state index in [0.717, 1.165) is 17.9 Å². The summed E-state index contributed by atoms with van der Waals surface area (Å²) < 4.78 is 5.05. The van der Waals surface area contributed by atoms with Crippen molar-refractivity contribution in [1.29, 1.82) is 5.26 Å². The summed E-state index contributed by atoms with van der Waals surface area (Å²) in [6.45, 7) is 2.17. The zero-order valence-corrected chi connectivity index (χ0v) is 14.3. The van der Waals surface area contributed by atoms with Crippen LogP contribution in [0.25, 0.3) is 0 Å². The molecule has 0 spiro atoms. The van der Waals surface area contributed by atoms with E-state index in [9.17, 15) is 4.79 Å². The quantitative estimate of drug-likeness (QED) is 0.727. The second-order valence-corrected chi connectivity index (χ2v) is 6.86. The van der Waals surface area contributed by atoms with Gasteiger partial charge < -0.3 is 4.74 Å². The van der Waals surface area contributed by atoms with Crippen LogP contribution in [-0.2, 0) is 16.0 Å². The lowest BCUT2D eigenvalue weighted by Crippen LogP contribution is -2.27. The molecule has 0 saturated heterocycles. The lowest BCUT2D eigenvalue weighted by Gasteiger charge is -2.28. The van der Waals surface area contributed by atoms with Crippen molar-refractivity contribution in [2.45, 2.75) is 51.9 Å². The van der Waals surface area contributed by atoms with Crippen LogP contribution in [-0.4, -0.2) is 13.1 Å². The molecule has 2 atom stereocenters. The smallest absolute Gasteiger partial charge is 0.309 e. The molecule has 0 amide bonds. The van der Waals surface area contributed by atoms with Gasteiger partial charge in [0.05, 0.1) is 24.7 Å². The number of esters is 1. The maximum absolute atomic E-state index is 12.3. The van der Waals surface area contributed by atoms with E-state index in [1.54, 1.807) is 6.07 Å². The Bertz CT molecular complexity index is 555. The summed E-state index contributed by atoms with van der Waals surface area (Å²) in [5.41, 5.74) is 1.68. The van der Waals surface area contributed by atoms with Crippen molar-refractivity contribution < 1.29 is 9.53 Å². The van der Waals surface area contributed by atoms with Gasteiger partial charge in [-0.3, -0.25) is 4.79 Å². The van der Waals surface area contributed by atoms with Gasteiger partial charge in [0.15, 0.2) is 0 Å². The molecule has 2 rings (SSSR count). The fourth-order valence-electron chi connectivity index (χ4n) is 3.80. The monoisotopic (exact) mass is 313 g/mol. The second kappa shape index (κ2) is 8.72. The van der Waals surface area contributed by atoms with Crippen LogP contribution >= 0.6 is 0 Å². The highest BCUT2D eigenvalue weighted by Crippen LogP contribution is 2.33. The molecule has 2 unspecified atom stereocenters. The van der Waals surface area contributed by atoms with Crippen molar-refractivity contribution in [3.05, 3.63) is 35.4 Å². The Morgan fingerprint density at radius 1 is 1.35 bits per heavy atom. The number of ether oxygens (including phenoxy) is 1. The summed E-state index contributed by atoms with van der Waals surface area (Å²) in [4.78, 5) is 12.3.